The Balaban J connectivity index is 2.53. The molecule has 0 saturated carbocycles. The van der Waals surface area contributed by atoms with Gasteiger partial charge in [-0.3, -0.25) is 0 Å². The molecule has 66 valence electrons. The van der Waals surface area contributed by atoms with Gasteiger partial charge in [-0.1, -0.05) is 37.3 Å². The summed E-state index contributed by atoms with van der Waals surface area (Å²) in [6, 6.07) is 10.3. The van der Waals surface area contributed by atoms with Crippen LogP contribution in [-0.4, -0.2) is 11.2 Å². The zero-order valence-corrected chi connectivity index (χ0v) is 7.70. The third kappa shape index (κ3) is 2.67. The van der Waals surface area contributed by atoms with Crippen LogP contribution < -0.4 is 0 Å². The molecule has 0 fully saturated rings. The van der Waals surface area contributed by atoms with Crippen molar-refractivity contribution in [1.29, 1.82) is 0 Å². The van der Waals surface area contributed by atoms with Crippen molar-refractivity contribution in [1.82, 2.24) is 0 Å². The topological polar surface area (TPSA) is 20.2 Å². The van der Waals surface area contributed by atoms with E-state index in [-0.39, 0.29) is 6.10 Å². The summed E-state index contributed by atoms with van der Waals surface area (Å²) in [7, 11) is 0. The third-order valence-electron chi connectivity index (χ3n) is 2.22. The minimum Gasteiger partial charge on any atom is -0.393 e. The van der Waals surface area contributed by atoms with Crippen LogP contribution in [0.2, 0.25) is 0 Å². The molecule has 1 aromatic carbocycles. The molecule has 1 heteroatoms. The lowest BCUT2D eigenvalue weighted by Gasteiger charge is -2.13. The monoisotopic (exact) mass is 164 g/mol. The zero-order valence-electron chi connectivity index (χ0n) is 7.70. The largest absolute Gasteiger partial charge is 0.393 e. The van der Waals surface area contributed by atoms with Gasteiger partial charge in [-0.2, -0.15) is 0 Å². The van der Waals surface area contributed by atoms with E-state index in [0.29, 0.717) is 5.92 Å². The van der Waals surface area contributed by atoms with E-state index in [1.807, 2.05) is 25.1 Å². The van der Waals surface area contributed by atoms with E-state index in [1.54, 1.807) is 0 Å². The van der Waals surface area contributed by atoms with Crippen molar-refractivity contribution < 1.29 is 5.11 Å². The molecule has 1 N–H and O–H groups in total. The van der Waals surface area contributed by atoms with Crippen LogP contribution in [0.25, 0.3) is 0 Å². The molecule has 0 aromatic heterocycles. The molecule has 1 nitrogen and oxygen atoms in total. The maximum Gasteiger partial charge on any atom is 0.0540 e. The molecule has 1 aromatic rings. The first-order valence-electron chi connectivity index (χ1n) is 4.42. The smallest absolute Gasteiger partial charge is 0.0540 e. The summed E-state index contributed by atoms with van der Waals surface area (Å²) < 4.78 is 0. The van der Waals surface area contributed by atoms with Crippen molar-refractivity contribution in [3.05, 3.63) is 35.9 Å². The molecule has 0 aliphatic rings. The lowest BCUT2D eigenvalue weighted by molar-refractivity contribution is 0.135. The van der Waals surface area contributed by atoms with E-state index in [1.165, 1.54) is 5.56 Å². The van der Waals surface area contributed by atoms with Gasteiger partial charge in [0.25, 0.3) is 0 Å². The molecule has 0 radical (unpaired) electrons. The normalized spacial score (nSPS) is 15.6. The minimum atomic E-state index is -0.217. The molecular weight excluding hydrogens is 148 g/mol. The summed E-state index contributed by atoms with van der Waals surface area (Å²) in [5.74, 6) is 0.340. The summed E-state index contributed by atoms with van der Waals surface area (Å²) in [4.78, 5) is 0. The van der Waals surface area contributed by atoms with Gasteiger partial charge in [0, 0.05) is 0 Å². The van der Waals surface area contributed by atoms with Crippen LogP contribution in [0.4, 0.5) is 0 Å². The second-order valence-electron chi connectivity index (χ2n) is 3.41. The van der Waals surface area contributed by atoms with Crippen molar-refractivity contribution in [3.8, 4) is 0 Å². The fraction of sp³-hybridized carbons (Fsp3) is 0.455. The second-order valence-corrected chi connectivity index (χ2v) is 3.41. The number of hydrogen-bond acceptors (Lipinski definition) is 1. The summed E-state index contributed by atoms with van der Waals surface area (Å²) in [6.45, 7) is 3.91. The van der Waals surface area contributed by atoms with Gasteiger partial charge in [-0.05, 0) is 24.8 Å². The van der Waals surface area contributed by atoms with Crippen LogP contribution in [0.5, 0.6) is 0 Å². The Kier molecular flexibility index (Phi) is 3.30. The Labute approximate surface area is 74.1 Å². The van der Waals surface area contributed by atoms with Crippen LogP contribution in [0.1, 0.15) is 19.4 Å². The molecule has 0 heterocycles. The molecule has 0 bridgehead atoms. The number of aliphatic hydroxyl groups excluding tert-OH is 1. The Morgan fingerprint density at radius 2 is 1.75 bits per heavy atom. The van der Waals surface area contributed by atoms with E-state index in [4.69, 9.17) is 0 Å². The average molecular weight is 164 g/mol. The van der Waals surface area contributed by atoms with Crippen molar-refractivity contribution in [2.24, 2.45) is 5.92 Å². The first-order chi connectivity index (χ1) is 5.70. The van der Waals surface area contributed by atoms with Gasteiger partial charge < -0.3 is 5.11 Å². The highest BCUT2D eigenvalue weighted by molar-refractivity contribution is 5.15. The Hall–Kier alpha value is -0.820. The van der Waals surface area contributed by atoms with Gasteiger partial charge in [0.2, 0.25) is 0 Å². The predicted molar refractivity (Wildman–Crippen MR) is 51.0 cm³/mol. The van der Waals surface area contributed by atoms with Crippen LogP contribution in [0.3, 0.4) is 0 Å². The third-order valence-corrected chi connectivity index (χ3v) is 2.22. The van der Waals surface area contributed by atoms with Gasteiger partial charge in [-0.15, -0.1) is 0 Å². The Morgan fingerprint density at radius 1 is 1.17 bits per heavy atom. The van der Waals surface area contributed by atoms with Gasteiger partial charge in [0.05, 0.1) is 6.10 Å². The van der Waals surface area contributed by atoms with E-state index in [2.05, 4.69) is 19.1 Å². The van der Waals surface area contributed by atoms with E-state index < -0.39 is 0 Å². The van der Waals surface area contributed by atoms with Crippen molar-refractivity contribution in [2.45, 2.75) is 26.4 Å². The maximum absolute atomic E-state index is 9.28. The van der Waals surface area contributed by atoms with Crippen LogP contribution in [0, 0.1) is 5.92 Å². The molecule has 0 aliphatic heterocycles. The highest BCUT2D eigenvalue weighted by Gasteiger charge is 2.08. The molecule has 0 aliphatic carbocycles. The standard InChI is InChI=1S/C11H16O/c1-9(10(2)12)8-11-6-4-3-5-7-11/h3-7,9-10,12H,8H2,1-2H3. The highest BCUT2D eigenvalue weighted by Crippen LogP contribution is 2.11. The second kappa shape index (κ2) is 4.27. The van der Waals surface area contributed by atoms with Crippen molar-refractivity contribution >= 4 is 0 Å². The van der Waals surface area contributed by atoms with Crippen LogP contribution in [0.15, 0.2) is 30.3 Å². The minimum absolute atomic E-state index is 0.217. The SMILES string of the molecule is CC(O)C(C)Cc1ccccc1. The molecule has 0 saturated heterocycles. The molecule has 1 rings (SSSR count). The van der Waals surface area contributed by atoms with E-state index in [0.717, 1.165) is 6.42 Å². The van der Waals surface area contributed by atoms with Gasteiger partial charge in [0.15, 0.2) is 0 Å². The highest BCUT2D eigenvalue weighted by atomic mass is 16.3. The number of rotatable bonds is 3. The van der Waals surface area contributed by atoms with Gasteiger partial charge in [0.1, 0.15) is 0 Å². The maximum atomic E-state index is 9.28. The van der Waals surface area contributed by atoms with E-state index in [9.17, 15) is 5.11 Å². The van der Waals surface area contributed by atoms with Gasteiger partial charge in [-0.25, -0.2) is 0 Å². The zero-order chi connectivity index (χ0) is 8.97. The Morgan fingerprint density at radius 3 is 2.25 bits per heavy atom. The van der Waals surface area contributed by atoms with Crippen molar-refractivity contribution in [2.75, 3.05) is 0 Å². The number of aliphatic hydroxyl groups is 1. The first kappa shape index (κ1) is 9.27. The number of hydrogen-bond donors (Lipinski definition) is 1. The fourth-order valence-electron chi connectivity index (χ4n) is 1.16. The molecule has 0 spiro atoms. The molecule has 2 atom stereocenters. The molecular formula is C11H16O. The van der Waals surface area contributed by atoms with Crippen LogP contribution >= 0.6 is 0 Å². The summed E-state index contributed by atoms with van der Waals surface area (Å²) in [6.07, 6.45) is 0.739. The summed E-state index contributed by atoms with van der Waals surface area (Å²) in [5, 5.41) is 9.28. The van der Waals surface area contributed by atoms with Crippen molar-refractivity contribution in [3.63, 3.8) is 0 Å². The quantitative estimate of drug-likeness (QED) is 0.726. The first-order valence-corrected chi connectivity index (χ1v) is 4.42. The molecule has 2 unspecified atom stereocenters. The lowest BCUT2D eigenvalue weighted by Crippen LogP contribution is -2.15. The summed E-state index contributed by atoms with van der Waals surface area (Å²) in [5.41, 5.74) is 1.30. The number of benzene rings is 1. The van der Waals surface area contributed by atoms with Crippen LogP contribution in [-0.2, 0) is 6.42 Å². The predicted octanol–water partition coefficient (Wildman–Crippen LogP) is 2.25. The average Bonchev–Trinajstić information content (AvgIpc) is 2.06. The van der Waals surface area contributed by atoms with Gasteiger partial charge >= 0.3 is 0 Å². The summed E-state index contributed by atoms with van der Waals surface area (Å²) >= 11 is 0. The van der Waals surface area contributed by atoms with E-state index >= 15 is 0 Å². The molecule has 0 amide bonds. The fourth-order valence-corrected chi connectivity index (χ4v) is 1.16. The molecule has 12 heavy (non-hydrogen) atoms. The Bertz CT molecular complexity index is 216. The lowest BCUT2D eigenvalue weighted by atomic mass is 9.97.